The van der Waals surface area contributed by atoms with Crippen LogP contribution >= 0.6 is 0 Å². The number of nitrogens with zero attached hydrogens (tertiary/aromatic N) is 1. The van der Waals surface area contributed by atoms with Crippen molar-refractivity contribution in [3.8, 4) is 11.5 Å². The number of allylic oxidation sites excluding steroid dienone is 1. The van der Waals surface area contributed by atoms with Gasteiger partial charge in [-0.05, 0) is 64.1 Å². The summed E-state index contributed by atoms with van der Waals surface area (Å²) in [6, 6.07) is 20.6. The Morgan fingerprint density at radius 1 is 0.976 bits per heavy atom. The molecule has 0 radical (unpaired) electrons. The van der Waals surface area contributed by atoms with Gasteiger partial charge in [0.1, 0.15) is 5.75 Å². The Morgan fingerprint density at radius 2 is 1.71 bits per heavy atom. The van der Waals surface area contributed by atoms with Crippen LogP contribution in [0.15, 0.2) is 84.4 Å². The lowest BCUT2D eigenvalue weighted by molar-refractivity contribution is -0.385. The highest BCUT2D eigenvalue weighted by Crippen LogP contribution is 2.52. The Bertz CT molecular complexity index is 1760. The minimum absolute atomic E-state index is 0.0769. The van der Waals surface area contributed by atoms with Crippen molar-refractivity contribution in [3.63, 3.8) is 0 Å². The number of anilines is 1. The standard InChI is InChI=1S/C32H25F3N2O4/c1-31(2)16-23-28-22-6-4-3-5-18(22)9-13-24(28)36-30(29(23)26(38)17-31)19-7-11-21(12-8-19)41-27-14-10-20(32(33,34)35)15-25(27)37(39)40/h3-15,30,36H,16-17H2,1-2H3. The zero-order chi connectivity index (χ0) is 29.1. The summed E-state index contributed by atoms with van der Waals surface area (Å²) in [5.41, 5.74) is 2.41. The first-order valence-corrected chi connectivity index (χ1v) is 13.1. The number of ether oxygens (including phenoxy) is 1. The number of nitro benzene ring substituents is 1. The van der Waals surface area contributed by atoms with E-state index in [2.05, 4.69) is 31.3 Å². The number of halogens is 3. The van der Waals surface area contributed by atoms with E-state index < -0.39 is 28.4 Å². The minimum Gasteiger partial charge on any atom is -0.450 e. The highest BCUT2D eigenvalue weighted by Gasteiger charge is 2.41. The number of ketones is 1. The van der Waals surface area contributed by atoms with E-state index in [4.69, 9.17) is 4.74 Å². The molecule has 1 aliphatic heterocycles. The van der Waals surface area contributed by atoms with Crippen LogP contribution in [0.3, 0.4) is 0 Å². The van der Waals surface area contributed by atoms with Gasteiger partial charge in [-0.2, -0.15) is 13.2 Å². The number of nitrogens with one attached hydrogen (secondary N) is 1. The Labute approximate surface area is 233 Å². The number of fused-ring (bicyclic) bond motifs is 4. The van der Waals surface area contributed by atoms with E-state index >= 15 is 0 Å². The zero-order valence-corrected chi connectivity index (χ0v) is 22.2. The van der Waals surface area contributed by atoms with Crippen LogP contribution in [0.25, 0.3) is 16.3 Å². The molecule has 0 saturated heterocycles. The second-order valence-electron chi connectivity index (χ2n) is 11.2. The van der Waals surface area contributed by atoms with Gasteiger partial charge in [-0.15, -0.1) is 0 Å². The summed E-state index contributed by atoms with van der Waals surface area (Å²) in [6.07, 6.45) is -3.56. The smallest absolute Gasteiger partial charge is 0.416 e. The fraction of sp³-hybridized carbons (Fsp3) is 0.219. The zero-order valence-electron chi connectivity index (χ0n) is 22.2. The van der Waals surface area contributed by atoms with Crippen molar-refractivity contribution < 1.29 is 27.6 Å². The normalized spacial score (nSPS) is 18.0. The Morgan fingerprint density at radius 3 is 2.41 bits per heavy atom. The largest absolute Gasteiger partial charge is 0.450 e. The van der Waals surface area contributed by atoms with E-state index in [1.54, 1.807) is 24.3 Å². The first-order valence-electron chi connectivity index (χ1n) is 13.1. The molecule has 0 bridgehead atoms. The second kappa shape index (κ2) is 9.47. The number of carbonyl (C=O) groups excluding carboxylic acids is 1. The topological polar surface area (TPSA) is 81.5 Å². The fourth-order valence-corrected chi connectivity index (χ4v) is 5.87. The van der Waals surface area contributed by atoms with Gasteiger partial charge in [0.15, 0.2) is 5.78 Å². The summed E-state index contributed by atoms with van der Waals surface area (Å²) in [4.78, 5) is 24.2. The van der Waals surface area contributed by atoms with E-state index in [0.29, 0.717) is 12.5 Å². The average molecular weight is 559 g/mol. The number of rotatable bonds is 4. The van der Waals surface area contributed by atoms with Gasteiger partial charge >= 0.3 is 11.9 Å². The molecule has 41 heavy (non-hydrogen) atoms. The van der Waals surface area contributed by atoms with Gasteiger partial charge in [0.2, 0.25) is 5.75 Å². The van der Waals surface area contributed by atoms with Crippen LogP contribution in [0.5, 0.6) is 11.5 Å². The summed E-state index contributed by atoms with van der Waals surface area (Å²) in [6.45, 7) is 4.20. The molecule has 4 aromatic carbocycles. The number of carbonyl (C=O) groups is 1. The third-order valence-corrected chi connectivity index (χ3v) is 7.66. The SMILES string of the molecule is CC1(C)CC(=O)C2=C(C1)c1c(ccc3ccccc13)NC2c1ccc(Oc2ccc(C(F)(F)F)cc2[N+](=O)[O-])cc1. The number of hydrogen-bond acceptors (Lipinski definition) is 5. The highest BCUT2D eigenvalue weighted by molar-refractivity contribution is 6.12. The van der Waals surface area contributed by atoms with Crippen LogP contribution < -0.4 is 10.1 Å². The van der Waals surface area contributed by atoms with Crippen molar-refractivity contribution in [1.82, 2.24) is 0 Å². The average Bonchev–Trinajstić information content (AvgIpc) is 2.91. The lowest BCUT2D eigenvalue weighted by atomic mass is 9.68. The van der Waals surface area contributed by atoms with Gasteiger partial charge in [0, 0.05) is 29.3 Å². The van der Waals surface area contributed by atoms with Crippen LogP contribution in [0.1, 0.15) is 49.4 Å². The molecule has 1 atom stereocenters. The first-order chi connectivity index (χ1) is 19.4. The van der Waals surface area contributed by atoms with E-state index in [9.17, 15) is 28.1 Å². The molecular formula is C32H25F3N2O4. The molecule has 0 amide bonds. The number of nitro groups is 1. The molecule has 1 unspecified atom stereocenters. The molecule has 4 aromatic rings. The number of benzene rings is 4. The Kier molecular flexibility index (Phi) is 6.13. The number of Topliss-reactive ketones (excluding diaryl/α,β-unsaturated/α-hetero) is 1. The van der Waals surface area contributed by atoms with Crippen LogP contribution in [-0.2, 0) is 11.0 Å². The maximum Gasteiger partial charge on any atom is 0.416 e. The van der Waals surface area contributed by atoms with Crippen LogP contribution in [0.2, 0.25) is 0 Å². The molecule has 6 rings (SSSR count). The molecule has 6 nitrogen and oxygen atoms in total. The van der Waals surface area contributed by atoms with Gasteiger partial charge in [-0.1, -0.05) is 56.3 Å². The quantitative estimate of drug-likeness (QED) is 0.200. The highest BCUT2D eigenvalue weighted by atomic mass is 19.4. The van der Waals surface area contributed by atoms with Crippen LogP contribution in [0, 0.1) is 15.5 Å². The minimum atomic E-state index is -4.72. The summed E-state index contributed by atoms with van der Waals surface area (Å²) in [5.74, 6) is -0.0146. The molecular weight excluding hydrogens is 533 g/mol. The van der Waals surface area contributed by atoms with Crippen LogP contribution in [0.4, 0.5) is 24.5 Å². The molecule has 0 aromatic heterocycles. The lowest BCUT2D eigenvalue weighted by Gasteiger charge is -2.40. The maximum atomic E-state index is 13.6. The number of hydrogen-bond donors (Lipinski definition) is 1. The van der Waals surface area contributed by atoms with Crippen LogP contribution in [-0.4, -0.2) is 10.7 Å². The van der Waals surface area contributed by atoms with Gasteiger partial charge < -0.3 is 10.1 Å². The van der Waals surface area contributed by atoms with Gasteiger partial charge in [0.25, 0.3) is 0 Å². The maximum absolute atomic E-state index is 13.6. The molecule has 9 heteroatoms. The van der Waals surface area contributed by atoms with Gasteiger partial charge in [-0.25, -0.2) is 0 Å². The predicted molar refractivity (Wildman–Crippen MR) is 150 cm³/mol. The lowest BCUT2D eigenvalue weighted by Crippen LogP contribution is -2.33. The van der Waals surface area contributed by atoms with E-state index in [1.165, 1.54) is 0 Å². The van der Waals surface area contributed by atoms with E-state index in [1.807, 2.05) is 24.3 Å². The molecule has 2 aliphatic rings. The third-order valence-electron chi connectivity index (χ3n) is 7.66. The summed E-state index contributed by atoms with van der Waals surface area (Å²) in [7, 11) is 0. The van der Waals surface area contributed by atoms with Crippen molar-refractivity contribution >= 4 is 33.5 Å². The fourth-order valence-electron chi connectivity index (χ4n) is 5.87. The summed E-state index contributed by atoms with van der Waals surface area (Å²) < 4.78 is 44.8. The molecule has 1 N–H and O–H groups in total. The monoisotopic (exact) mass is 558 g/mol. The van der Waals surface area contributed by atoms with E-state index in [-0.39, 0.29) is 22.7 Å². The van der Waals surface area contributed by atoms with E-state index in [0.717, 1.165) is 57.3 Å². The van der Waals surface area contributed by atoms with Crippen molar-refractivity contribution in [2.75, 3.05) is 5.32 Å². The van der Waals surface area contributed by atoms with Crippen molar-refractivity contribution in [1.29, 1.82) is 0 Å². The first kappa shape index (κ1) is 26.6. The molecule has 1 aliphatic carbocycles. The molecule has 208 valence electrons. The Hall–Kier alpha value is -4.66. The molecule has 0 saturated carbocycles. The van der Waals surface area contributed by atoms with Gasteiger partial charge in [0.05, 0.1) is 16.5 Å². The molecule has 1 heterocycles. The van der Waals surface area contributed by atoms with Crippen molar-refractivity contribution in [3.05, 3.63) is 111 Å². The third kappa shape index (κ3) is 4.81. The predicted octanol–water partition coefficient (Wildman–Crippen LogP) is 8.87. The summed E-state index contributed by atoms with van der Waals surface area (Å²) in [5, 5.41) is 17.2. The van der Waals surface area contributed by atoms with Crippen molar-refractivity contribution in [2.24, 2.45) is 5.41 Å². The number of alkyl halides is 3. The Balaban J connectivity index is 1.38. The molecule has 0 spiro atoms. The van der Waals surface area contributed by atoms with Gasteiger partial charge in [-0.3, -0.25) is 14.9 Å². The van der Waals surface area contributed by atoms with Crippen molar-refractivity contribution in [2.45, 2.75) is 38.9 Å². The summed E-state index contributed by atoms with van der Waals surface area (Å²) >= 11 is 0. The second-order valence-corrected chi connectivity index (χ2v) is 11.2. The molecule has 0 fully saturated rings.